The van der Waals surface area contributed by atoms with Crippen molar-refractivity contribution in [2.45, 2.75) is 44.8 Å². The molecule has 0 bridgehead atoms. The highest BCUT2D eigenvalue weighted by atomic mass is 32.2. The normalized spacial score (nSPS) is 11.7. The van der Waals surface area contributed by atoms with Crippen LogP contribution in [0.4, 0.5) is 24.0 Å². The predicted molar refractivity (Wildman–Crippen MR) is 110 cm³/mol. The van der Waals surface area contributed by atoms with Crippen LogP contribution in [0.15, 0.2) is 22.7 Å². The van der Waals surface area contributed by atoms with Gasteiger partial charge in [-0.25, -0.2) is 9.66 Å². The second-order valence-electron chi connectivity index (χ2n) is 6.69. The van der Waals surface area contributed by atoms with E-state index in [1.807, 2.05) is 32.9 Å². The molecule has 3 aromatic rings. The summed E-state index contributed by atoms with van der Waals surface area (Å²) in [5.41, 5.74) is 4.36. The largest absolute Gasteiger partial charge is 0.453 e. The zero-order chi connectivity index (χ0) is 22.2. The Morgan fingerprint density at radius 3 is 2.40 bits per heavy atom. The second-order valence-corrected chi connectivity index (χ2v) is 8.46. The number of carbonyl (C=O) groups excluding carboxylic acids is 1. The highest BCUT2D eigenvalue weighted by Gasteiger charge is 2.38. The van der Waals surface area contributed by atoms with Crippen molar-refractivity contribution in [2.75, 3.05) is 10.7 Å². The van der Waals surface area contributed by atoms with Crippen molar-refractivity contribution in [3.8, 4) is 0 Å². The van der Waals surface area contributed by atoms with E-state index >= 15 is 0 Å². The van der Waals surface area contributed by atoms with Crippen molar-refractivity contribution < 1.29 is 18.0 Å². The van der Waals surface area contributed by atoms with Crippen LogP contribution >= 0.6 is 23.1 Å². The number of carbonyl (C=O) groups is 1. The highest BCUT2D eigenvalue weighted by molar-refractivity contribution is 7.98. The van der Waals surface area contributed by atoms with E-state index in [0.717, 1.165) is 34.1 Å². The molecule has 0 radical (unpaired) electrons. The number of thiazole rings is 1. The summed E-state index contributed by atoms with van der Waals surface area (Å²) in [7, 11) is 0. The fraction of sp³-hybridized carbons (Fsp3) is 0.333. The van der Waals surface area contributed by atoms with Crippen LogP contribution in [0.1, 0.15) is 35.1 Å². The first-order chi connectivity index (χ1) is 14.0. The molecular weight excluding hydrogens is 437 g/mol. The van der Waals surface area contributed by atoms with Crippen molar-refractivity contribution in [1.82, 2.24) is 19.9 Å². The number of anilines is 2. The van der Waals surface area contributed by atoms with Gasteiger partial charge in [0, 0.05) is 18.1 Å². The van der Waals surface area contributed by atoms with Crippen molar-refractivity contribution in [1.29, 1.82) is 0 Å². The van der Waals surface area contributed by atoms with Crippen molar-refractivity contribution in [3.05, 3.63) is 45.7 Å². The standard InChI is InChI=1S/C18H19F3N6OS2/c1-9-5-10(2)14(11(3)6-9)26(12(4)28)16-23-13(7-29-16)8-30-17-25-24-15(27(17)22)18(19,20)21/h5-7H,8,22H2,1-4H3. The number of benzene rings is 1. The van der Waals surface area contributed by atoms with Gasteiger partial charge < -0.3 is 5.84 Å². The van der Waals surface area contributed by atoms with Gasteiger partial charge in [-0.1, -0.05) is 29.5 Å². The van der Waals surface area contributed by atoms with Gasteiger partial charge in [0.2, 0.25) is 11.1 Å². The Balaban J connectivity index is 1.83. The Morgan fingerprint density at radius 2 is 1.87 bits per heavy atom. The van der Waals surface area contributed by atoms with Crippen molar-refractivity contribution in [2.24, 2.45) is 0 Å². The van der Waals surface area contributed by atoms with Gasteiger partial charge in [-0.05, 0) is 31.9 Å². The summed E-state index contributed by atoms with van der Waals surface area (Å²) in [6.45, 7) is 7.31. The van der Waals surface area contributed by atoms with E-state index in [4.69, 9.17) is 5.84 Å². The molecule has 1 amide bonds. The molecule has 0 aliphatic rings. The minimum atomic E-state index is -4.68. The maximum atomic E-state index is 12.8. The predicted octanol–water partition coefficient (Wildman–Crippen LogP) is 4.37. The van der Waals surface area contributed by atoms with Gasteiger partial charge >= 0.3 is 6.18 Å². The summed E-state index contributed by atoms with van der Waals surface area (Å²) in [6, 6.07) is 3.99. The topological polar surface area (TPSA) is 89.9 Å². The van der Waals surface area contributed by atoms with Crippen LogP contribution in [-0.2, 0) is 16.7 Å². The molecular formula is C18H19F3N6OS2. The van der Waals surface area contributed by atoms with E-state index in [1.165, 1.54) is 18.3 Å². The fourth-order valence-corrected chi connectivity index (χ4v) is 4.81. The van der Waals surface area contributed by atoms with Crippen LogP contribution in [-0.4, -0.2) is 25.8 Å². The minimum absolute atomic E-state index is 0.0782. The SMILES string of the molecule is CC(=O)N(c1nc(CSc2nnc(C(F)(F)F)n2N)cs1)c1c(C)cc(C)cc1C. The average Bonchev–Trinajstić information content (AvgIpc) is 3.21. The first-order valence-electron chi connectivity index (χ1n) is 8.72. The number of nitrogen functional groups attached to an aromatic ring is 1. The molecule has 3 rings (SSSR count). The maximum absolute atomic E-state index is 12.8. The summed E-state index contributed by atoms with van der Waals surface area (Å²) in [4.78, 5) is 18.5. The van der Waals surface area contributed by atoms with Gasteiger partial charge in [-0.15, -0.1) is 21.5 Å². The number of rotatable bonds is 5. The minimum Gasteiger partial charge on any atom is -0.335 e. The zero-order valence-corrected chi connectivity index (χ0v) is 18.2. The van der Waals surface area contributed by atoms with Crippen molar-refractivity contribution >= 4 is 39.8 Å². The third-order valence-corrected chi connectivity index (χ3v) is 6.02. The summed E-state index contributed by atoms with van der Waals surface area (Å²) < 4.78 is 38.8. The van der Waals surface area contributed by atoms with Gasteiger partial charge in [-0.2, -0.15) is 13.2 Å². The summed E-state index contributed by atoms with van der Waals surface area (Å²) in [5, 5.41) is 8.74. The first-order valence-corrected chi connectivity index (χ1v) is 10.6. The zero-order valence-electron chi connectivity index (χ0n) is 16.6. The van der Waals surface area contributed by atoms with Crippen LogP contribution in [0, 0.1) is 20.8 Å². The number of aryl methyl sites for hydroxylation is 3. The fourth-order valence-electron chi connectivity index (χ4n) is 3.09. The van der Waals surface area contributed by atoms with Gasteiger partial charge in [0.25, 0.3) is 5.82 Å². The summed E-state index contributed by atoms with van der Waals surface area (Å²) in [6.07, 6.45) is -4.68. The van der Waals surface area contributed by atoms with E-state index in [-0.39, 0.29) is 16.8 Å². The number of thioether (sulfide) groups is 1. The van der Waals surface area contributed by atoms with Crippen LogP contribution in [0.25, 0.3) is 0 Å². The molecule has 0 saturated carbocycles. The number of amides is 1. The number of alkyl halides is 3. The van der Waals surface area contributed by atoms with Gasteiger partial charge in [-0.3, -0.25) is 9.69 Å². The number of aromatic nitrogens is 4. The lowest BCUT2D eigenvalue weighted by atomic mass is 10.0. The lowest BCUT2D eigenvalue weighted by Crippen LogP contribution is -2.24. The number of hydrogen-bond acceptors (Lipinski definition) is 7. The Bertz CT molecular complexity index is 1070. The van der Waals surface area contributed by atoms with Gasteiger partial charge in [0.1, 0.15) is 0 Å². The molecule has 30 heavy (non-hydrogen) atoms. The van der Waals surface area contributed by atoms with Gasteiger partial charge in [0.05, 0.1) is 11.4 Å². The maximum Gasteiger partial charge on any atom is 0.453 e. The second kappa shape index (κ2) is 8.26. The number of nitrogens with zero attached hydrogens (tertiary/aromatic N) is 5. The third kappa shape index (κ3) is 4.43. The Morgan fingerprint density at radius 1 is 1.23 bits per heavy atom. The lowest BCUT2D eigenvalue weighted by Gasteiger charge is -2.23. The number of hydrogen-bond donors (Lipinski definition) is 1. The molecule has 0 saturated heterocycles. The smallest absolute Gasteiger partial charge is 0.335 e. The Kier molecular flexibility index (Phi) is 6.09. The van der Waals surface area contributed by atoms with E-state index in [9.17, 15) is 18.0 Å². The molecule has 160 valence electrons. The molecule has 0 unspecified atom stereocenters. The molecule has 2 N–H and O–H groups in total. The monoisotopic (exact) mass is 456 g/mol. The summed E-state index contributed by atoms with van der Waals surface area (Å²) >= 11 is 2.26. The van der Waals surface area contributed by atoms with Crippen molar-refractivity contribution in [3.63, 3.8) is 0 Å². The van der Waals surface area contributed by atoms with Crippen LogP contribution in [0.2, 0.25) is 0 Å². The quantitative estimate of drug-likeness (QED) is 0.453. The van der Waals surface area contributed by atoms with E-state index in [1.54, 1.807) is 10.3 Å². The number of nitrogens with two attached hydrogens (primary N) is 1. The molecule has 2 heterocycles. The molecule has 12 heteroatoms. The summed E-state index contributed by atoms with van der Waals surface area (Å²) in [5.74, 6) is 4.22. The molecule has 1 aromatic carbocycles. The third-order valence-electron chi connectivity index (χ3n) is 4.17. The molecule has 0 atom stereocenters. The van der Waals surface area contributed by atoms with Crippen LogP contribution in [0.5, 0.6) is 0 Å². The molecule has 2 aromatic heterocycles. The molecule has 7 nitrogen and oxygen atoms in total. The first kappa shape index (κ1) is 22.1. The Hall–Kier alpha value is -2.60. The van der Waals surface area contributed by atoms with E-state index in [0.29, 0.717) is 15.5 Å². The van der Waals surface area contributed by atoms with Gasteiger partial charge in [0.15, 0.2) is 5.13 Å². The number of halogens is 3. The van der Waals surface area contributed by atoms with E-state index in [2.05, 4.69) is 15.2 Å². The highest BCUT2D eigenvalue weighted by Crippen LogP contribution is 2.36. The average molecular weight is 457 g/mol. The molecule has 0 spiro atoms. The molecule has 0 aliphatic heterocycles. The molecule has 0 aliphatic carbocycles. The van der Waals surface area contributed by atoms with Crippen LogP contribution in [0.3, 0.4) is 0 Å². The lowest BCUT2D eigenvalue weighted by molar-refractivity contribution is -0.146. The molecule has 0 fully saturated rings. The Labute approximate surface area is 179 Å². The van der Waals surface area contributed by atoms with Crippen LogP contribution < -0.4 is 10.7 Å². The van der Waals surface area contributed by atoms with E-state index < -0.39 is 12.0 Å².